The molecule has 0 amide bonds. The van der Waals surface area contributed by atoms with E-state index in [1.807, 2.05) is 19.1 Å². The minimum Gasteiger partial charge on any atom is -0.497 e. The number of aromatic nitrogens is 2. The molecule has 0 saturated carbocycles. The molecule has 0 aliphatic heterocycles. The van der Waals surface area contributed by atoms with Crippen LogP contribution in [-0.2, 0) is 17.6 Å². The van der Waals surface area contributed by atoms with Gasteiger partial charge in [-0.25, -0.2) is 4.79 Å². The van der Waals surface area contributed by atoms with Crippen molar-refractivity contribution >= 4 is 16.9 Å². The van der Waals surface area contributed by atoms with Gasteiger partial charge < -0.3 is 18.4 Å². The van der Waals surface area contributed by atoms with Gasteiger partial charge in [-0.1, -0.05) is 18.5 Å². The predicted molar refractivity (Wildman–Crippen MR) is 117 cm³/mol. The first-order chi connectivity index (χ1) is 15.6. The first kappa shape index (κ1) is 21.3. The third-order valence-corrected chi connectivity index (χ3v) is 4.91. The molecule has 164 valence electrons. The van der Waals surface area contributed by atoms with Gasteiger partial charge in [0, 0.05) is 29.5 Å². The number of ether oxygens (including phenoxy) is 2. The monoisotopic (exact) mass is 434 g/mol. The van der Waals surface area contributed by atoms with E-state index < -0.39 is 11.6 Å². The number of carbonyl (C=O) groups excluding carboxylic acids is 1. The highest BCUT2D eigenvalue weighted by atomic mass is 16.5. The Hall–Kier alpha value is -3.94. The summed E-state index contributed by atoms with van der Waals surface area (Å²) in [6, 6.07) is 13.8. The van der Waals surface area contributed by atoms with Crippen LogP contribution in [0.5, 0.6) is 11.5 Å². The molecule has 4 aromatic rings. The van der Waals surface area contributed by atoms with Crippen LogP contribution in [0.25, 0.3) is 22.4 Å². The topological polar surface area (TPSA) is 105 Å². The Bertz CT molecular complexity index is 1290. The first-order valence-corrected chi connectivity index (χ1v) is 10.3. The fraction of sp³-hybridized carbons (Fsp3) is 0.250. The molecular formula is C24H22N2O6. The van der Waals surface area contributed by atoms with Crippen LogP contribution in [0.4, 0.5) is 0 Å². The summed E-state index contributed by atoms with van der Waals surface area (Å²) < 4.78 is 21.0. The van der Waals surface area contributed by atoms with Gasteiger partial charge in [0.2, 0.25) is 11.7 Å². The maximum absolute atomic E-state index is 12.3. The van der Waals surface area contributed by atoms with Crippen molar-refractivity contribution in [3.8, 4) is 22.9 Å². The summed E-state index contributed by atoms with van der Waals surface area (Å²) in [5.41, 5.74) is 1.67. The lowest BCUT2D eigenvalue weighted by Crippen LogP contribution is -2.09. The van der Waals surface area contributed by atoms with Gasteiger partial charge in [-0.2, -0.15) is 4.98 Å². The van der Waals surface area contributed by atoms with Gasteiger partial charge in [-0.15, -0.1) is 0 Å². The van der Waals surface area contributed by atoms with Crippen LogP contribution in [0.15, 0.2) is 62.3 Å². The summed E-state index contributed by atoms with van der Waals surface area (Å²) in [7, 11) is 1.60. The van der Waals surface area contributed by atoms with Crippen molar-refractivity contribution in [3.63, 3.8) is 0 Å². The van der Waals surface area contributed by atoms with Crippen molar-refractivity contribution in [2.45, 2.75) is 32.6 Å². The summed E-state index contributed by atoms with van der Waals surface area (Å²) >= 11 is 0. The van der Waals surface area contributed by atoms with Gasteiger partial charge in [0.05, 0.1) is 13.5 Å². The van der Waals surface area contributed by atoms with Crippen LogP contribution < -0.4 is 15.1 Å². The largest absolute Gasteiger partial charge is 0.497 e. The molecule has 8 nitrogen and oxygen atoms in total. The number of benzene rings is 2. The molecule has 0 atom stereocenters. The zero-order chi connectivity index (χ0) is 22.5. The van der Waals surface area contributed by atoms with Crippen molar-refractivity contribution < 1.29 is 23.2 Å². The van der Waals surface area contributed by atoms with Gasteiger partial charge in [0.15, 0.2) is 0 Å². The molecule has 0 unspecified atom stereocenters. The Morgan fingerprint density at radius 3 is 2.56 bits per heavy atom. The predicted octanol–water partition coefficient (Wildman–Crippen LogP) is 4.34. The Morgan fingerprint density at radius 2 is 1.81 bits per heavy atom. The van der Waals surface area contributed by atoms with Crippen LogP contribution in [0.2, 0.25) is 0 Å². The summed E-state index contributed by atoms with van der Waals surface area (Å²) in [6.45, 7) is 2.04. The molecule has 0 aliphatic carbocycles. The summed E-state index contributed by atoms with van der Waals surface area (Å²) in [5.74, 6) is 1.35. The molecule has 8 heteroatoms. The summed E-state index contributed by atoms with van der Waals surface area (Å²) in [5, 5.41) is 4.78. The molecule has 4 rings (SSSR count). The van der Waals surface area contributed by atoms with Crippen molar-refractivity contribution in [1.82, 2.24) is 10.1 Å². The number of fused-ring (bicyclic) bond motifs is 1. The average molecular weight is 434 g/mol. The van der Waals surface area contributed by atoms with Crippen molar-refractivity contribution in [2.75, 3.05) is 7.11 Å². The van der Waals surface area contributed by atoms with E-state index in [1.54, 1.807) is 37.4 Å². The normalized spacial score (nSPS) is 10.9. The third-order valence-electron chi connectivity index (χ3n) is 4.91. The standard InChI is InChI=1S/C24H22N2O6/c1-3-4-16-13-23(28)31-20-14-18(9-10-19(16)20)30-22(27)12-11-21-25-24(26-32-21)15-5-7-17(29-2)8-6-15/h5-10,13-14H,3-4,11-12H2,1-2H3. The molecule has 0 spiro atoms. The van der Waals surface area contributed by atoms with E-state index in [4.69, 9.17) is 18.4 Å². The first-order valence-electron chi connectivity index (χ1n) is 10.3. The number of rotatable bonds is 8. The Kier molecular flexibility index (Phi) is 6.30. The van der Waals surface area contributed by atoms with Crippen molar-refractivity contribution in [1.29, 1.82) is 0 Å². The second kappa shape index (κ2) is 9.47. The van der Waals surface area contributed by atoms with E-state index in [0.29, 0.717) is 23.0 Å². The molecule has 0 N–H and O–H groups in total. The average Bonchev–Trinajstić information content (AvgIpc) is 3.27. The zero-order valence-corrected chi connectivity index (χ0v) is 17.8. The highest BCUT2D eigenvalue weighted by Crippen LogP contribution is 2.24. The number of nitrogens with zero attached hydrogens (tertiary/aromatic N) is 2. The van der Waals surface area contributed by atoms with Gasteiger partial charge in [0.25, 0.3) is 0 Å². The van der Waals surface area contributed by atoms with Crippen LogP contribution in [-0.4, -0.2) is 23.2 Å². The van der Waals surface area contributed by atoms with E-state index in [-0.39, 0.29) is 12.8 Å². The second-order valence-electron chi connectivity index (χ2n) is 7.21. The van der Waals surface area contributed by atoms with Gasteiger partial charge in [0.1, 0.15) is 17.1 Å². The summed E-state index contributed by atoms with van der Waals surface area (Å²) in [6.07, 6.45) is 1.97. The molecule has 0 fully saturated rings. The molecule has 0 bridgehead atoms. The van der Waals surface area contributed by atoms with Gasteiger partial charge in [-0.3, -0.25) is 4.79 Å². The molecule has 0 aliphatic rings. The van der Waals surface area contributed by atoms with Crippen molar-refractivity contribution in [2.24, 2.45) is 0 Å². The van der Waals surface area contributed by atoms with E-state index in [2.05, 4.69) is 10.1 Å². The Morgan fingerprint density at radius 1 is 1.03 bits per heavy atom. The lowest BCUT2D eigenvalue weighted by atomic mass is 10.1. The second-order valence-corrected chi connectivity index (χ2v) is 7.21. The third kappa shape index (κ3) is 4.85. The number of hydrogen-bond acceptors (Lipinski definition) is 8. The highest BCUT2D eigenvalue weighted by molar-refractivity contribution is 5.82. The lowest BCUT2D eigenvalue weighted by molar-refractivity contribution is -0.134. The van der Waals surface area contributed by atoms with Gasteiger partial charge >= 0.3 is 11.6 Å². The fourth-order valence-electron chi connectivity index (χ4n) is 3.36. The number of hydrogen-bond donors (Lipinski definition) is 0. The maximum atomic E-state index is 12.3. The smallest absolute Gasteiger partial charge is 0.336 e. The number of esters is 1. The maximum Gasteiger partial charge on any atom is 0.336 e. The van der Waals surface area contributed by atoms with E-state index >= 15 is 0 Å². The van der Waals surface area contributed by atoms with Crippen LogP contribution in [0.1, 0.15) is 31.2 Å². The quantitative estimate of drug-likeness (QED) is 0.229. The number of carbonyl (C=O) groups is 1. The Labute approximate surface area is 183 Å². The molecule has 2 aromatic heterocycles. The SMILES string of the molecule is CCCc1cc(=O)oc2cc(OC(=O)CCc3nc(-c4ccc(OC)cc4)no3)ccc12. The van der Waals surface area contributed by atoms with Crippen LogP contribution in [0.3, 0.4) is 0 Å². The van der Waals surface area contributed by atoms with E-state index in [9.17, 15) is 9.59 Å². The molecule has 2 aromatic carbocycles. The molecule has 32 heavy (non-hydrogen) atoms. The molecule has 2 heterocycles. The lowest BCUT2D eigenvalue weighted by Gasteiger charge is -2.07. The van der Waals surface area contributed by atoms with Crippen molar-refractivity contribution in [3.05, 3.63) is 70.4 Å². The van der Waals surface area contributed by atoms with E-state index in [0.717, 1.165) is 35.1 Å². The van der Waals surface area contributed by atoms with Crippen LogP contribution >= 0.6 is 0 Å². The molecule has 0 radical (unpaired) electrons. The highest BCUT2D eigenvalue weighted by Gasteiger charge is 2.13. The molecular weight excluding hydrogens is 412 g/mol. The summed E-state index contributed by atoms with van der Waals surface area (Å²) in [4.78, 5) is 28.4. The van der Waals surface area contributed by atoms with Crippen LogP contribution in [0, 0.1) is 0 Å². The number of aryl methyl sites for hydroxylation is 2. The number of methoxy groups -OCH3 is 1. The van der Waals surface area contributed by atoms with E-state index in [1.165, 1.54) is 6.07 Å². The fourth-order valence-corrected chi connectivity index (χ4v) is 3.36. The molecule has 0 saturated heterocycles. The minimum absolute atomic E-state index is 0.0576. The minimum atomic E-state index is -0.458. The Balaban J connectivity index is 1.39. The van der Waals surface area contributed by atoms with Gasteiger partial charge in [-0.05, 0) is 48.4 Å². The zero-order valence-electron chi connectivity index (χ0n) is 17.8.